The van der Waals surface area contributed by atoms with Crippen molar-refractivity contribution in [3.05, 3.63) is 53.2 Å². The topological polar surface area (TPSA) is 85.3 Å². The SMILES string of the molecule is Cc1ccc(NS(=O)(=O)c2ccc(-c3ccno3)o2)cc1Cl. The number of furan rings is 1. The van der Waals surface area contributed by atoms with Crippen molar-refractivity contribution in [2.45, 2.75) is 12.0 Å². The van der Waals surface area contributed by atoms with Gasteiger partial charge < -0.3 is 8.94 Å². The molecule has 114 valence electrons. The maximum Gasteiger partial charge on any atom is 0.295 e. The molecule has 0 radical (unpaired) electrons. The van der Waals surface area contributed by atoms with E-state index >= 15 is 0 Å². The predicted octanol–water partition coefficient (Wildman–Crippen LogP) is 3.70. The quantitative estimate of drug-likeness (QED) is 0.784. The van der Waals surface area contributed by atoms with Crippen LogP contribution in [0.1, 0.15) is 5.56 Å². The second-order valence-electron chi connectivity index (χ2n) is 4.56. The number of rotatable bonds is 4. The zero-order chi connectivity index (χ0) is 15.7. The van der Waals surface area contributed by atoms with E-state index in [2.05, 4.69) is 9.88 Å². The molecule has 0 aliphatic rings. The lowest BCUT2D eigenvalue weighted by Crippen LogP contribution is -2.12. The summed E-state index contributed by atoms with van der Waals surface area (Å²) in [5.74, 6) is 0.625. The average molecular weight is 339 g/mol. The fraction of sp³-hybridized carbons (Fsp3) is 0.0714. The van der Waals surface area contributed by atoms with Gasteiger partial charge in [-0.15, -0.1) is 0 Å². The normalized spacial score (nSPS) is 11.5. The molecule has 3 aromatic rings. The standard InChI is InChI=1S/C14H11ClN2O4S/c1-9-2-3-10(8-11(9)15)17-22(18,19)14-5-4-12(20-14)13-6-7-16-21-13/h2-8,17H,1H3. The van der Waals surface area contributed by atoms with E-state index in [1.807, 2.05) is 6.92 Å². The first-order valence-electron chi connectivity index (χ1n) is 6.25. The van der Waals surface area contributed by atoms with E-state index in [4.69, 9.17) is 20.5 Å². The molecular weight excluding hydrogens is 328 g/mol. The third-order valence-electron chi connectivity index (χ3n) is 2.95. The van der Waals surface area contributed by atoms with Crippen LogP contribution in [0.4, 0.5) is 5.69 Å². The Balaban J connectivity index is 1.88. The molecule has 3 rings (SSSR count). The van der Waals surface area contributed by atoms with Gasteiger partial charge in [0.25, 0.3) is 10.0 Å². The summed E-state index contributed by atoms with van der Waals surface area (Å²) >= 11 is 5.98. The predicted molar refractivity (Wildman–Crippen MR) is 81.2 cm³/mol. The van der Waals surface area contributed by atoms with E-state index in [-0.39, 0.29) is 10.9 Å². The number of hydrogen-bond acceptors (Lipinski definition) is 5. The number of benzene rings is 1. The Morgan fingerprint density at radius 3 is 2.64 bits per heavy atom. The fourth-order valence-electron chi connectivity index (χ4n) is 1.80. The summed E-state index contributed by atoms with van der Waals surface area (Å²) in [6, 6.07) is 9.30. The Morgan fingerprint density at radius 1 is 1.14 bits per heavy atom. The van der Waals surface area contributed by atoms with Gasteiger partial charge in [0.2, 0.25) is 10.9 Å². The van der Waals surface area contributed by atoms with Gasteiger partial charge >= 0.3 is 0 Å². The van der Waals surface area contributed by atoms with Crippen LogP contribution in [-0.2, 0) is 10.0 Å². The Kier molecular flexibility index (Phi) is 3.67. The summed E-state index contributed by atoms with van der Waals surface area (Å²) in [5.41, 5.74) is 1.21. The first kappa shape index (κ1) is 14.7. The van der Waals surface area contributed by atoms with E-state index in [1.165, 1.54) is 24.4 Å². The highest BCUT2D eigenvalue weighted by molar-refractivity contribution is 7.92. The largest absolute Gasteiger partial charge is 0.439 e. The van der Waals surface area contributed by atoms with E-state index < -0.39 is 10.0 Å². The third-order valence-corrected chi connectivity index (χ3v) is 4.61. The highest BCUT2D eigenvalue weighted by atomic mass is 35.5. The molecule has 0 spiro atoms. The Morgan fingerprint density at radius 2 is 1.95 bits per heavy atom. The molecule has 0 saturated carbocycles. The second-order valence-corrected chi connectivity index (χ2v) is 6.59. The van der Waals surface area contributed by atoms with Crippen molar-refractivity contribution in [1.29, 1.82) is 0 Å². The summed E-state index contributed by atoms with van der Waals surface area (Å²) in [6.45, 7) is 1.83. The van der Waals surface area contributed by atoms with E-state index in [0.717, 1.165) is 5.56 Å². The second kappa shape index (κ2) is 5.51. The number of aryl methyl sites for hydroxylation is 1. The number of anilines is 1. The van der Waals surface area contributed by atoms with Crippen molar-refractivity contribution in [3.63, 3.8) is 0 Å². The molecule has 8 heteroatoms. The maximum absolute atomic E-state index is 12.3. The van der Waals surface area contributed by atoms with Crippen LogP contribution in [0, 0.1) is 6.92 Å². The average Bonchev–Trinajstić information content (AvgIpc) is 3.12. The molecule has 22 heavy (non-hydrogen) atoms. The van der Waals surface area contributed by atoms with Crippen molar-refractivity contribution in [2.75, 3.05) is 4.72 Å². The zero-order valence-corrected chi connectivity index (χ0v) is 13.0. The van der Waals surface area contributed by atoms with Gasteiger partial charge in [0.15, 0.2) is 5.76 Å². The molecule has 1 aromatic carbocycles. The maximum atomic E-state index is 12.3. The third kappa shape index (κ3) is 2.86. The van der Waals surface area contributed by atoms with Crippen LogP contribution in [0.15, 0.2) is 56.6 Å². The summed E-state index contributed by atoms with van der Waals surface area (Å²) in [7, 11) is -3.85. The van der Waals surface area contributed by atoms with Gasteiger partial charge in [0.05, 0.1) is 11.9 Å². The lowest BCUT2D eigenvalue weighted by molar-refractivity contribution is 0.401. The summed E-state index contributed by atoms with van der Waals surface area (Å²) in [6.07, 6.45) is 1.44. The number of aromatic nitrogens is 1. The van der Waals surface area contributed by atoms with Crippen LogP contribution >= 0.6 is 11.6 Å². The van der Waals surface area contributed by atoms with Gasteiger partial charge in [-0.3, -0.25) is 4.72 Å². The van der Waals surface area contributed by atoms with Gasteiger partial charge in [-0.2, -0.15) is 8.42 Å². The van der Waals surface area contributed by atoms with Gasteiger partial charge in [0, 0.05) is 11.1 Å². The summed E-state index contributed by atoms with van der Waals surface area (Å²) in [4.78, 5) is 0. The molecule has 0 aliphatic heterocycles. The van der Waals surface area contributed by atoms with E-state index in [1.54, 1.807) is 18.2 Å². The monoisotopic (exact) mass is 338 g/mol. The van der Waals surface area contributed by atoms with Gasteiger partial charge in [-0.1, -0.05) is 22.8 Å². The molecule has 6 nitrogen and oxygen atoms in total. The molecule has 0 aliphatic carbocycles. The van der Waals surface area contributed by atoms with Crippen LogP contribution in [0.2, 0.25) is 5.02 Å². The smallest absolute Gasteiger partial charge is 0.295 e. The minimum Gasteiger partial charge on any atom is -0.439 e. The van der Waals surface area contributed by atoms with Crippen LogP contribution in [0.25, 0.3) is 11.5 Å². The minimum absolute atomic E-state index is 0.226. The molecule has 0 amide bonds. The van der Waals surface area contributed by atoms with Crippen molar-refractivity contribution in [3.8, 4) is 11.5 Å². The molecule has 0 unspecified atom stereocenters. The molecule has 1 N–H and O–H groups in total. The van der Waals surface area contributed by atoms with Crippen molar-refractivity contribution in [1.82, 2.24) is 5.16 Å². The minimum atomic E-state index is -3.85. The lowest BCUT2D eigenvalue weighted by atomic mass is 10.2. The number of sulfonamides is 1. The van der Waals surface area contributed by atoms with Gasteiger partial charge in [0.1, 0.15) is 0 Å². The van der Waals surface area contributed by atoms with Gasteiger partial charge in [-0.25, -0.2) is 0 Å². The number of nitrogens with zero attached hydrogens (tertiary/aromatic N) is 1. The van der Waals surface area contributed by atoms with E-state index in [9.17, 15) is 8.42 Å². The van der Waals surface area contributed by atoms with Crippen LogP contribution in [-0.4, -0.2) is 13.6 Å². The molecule has 2 aromatic heterocycles. The number of nitrogens with one attached hydrogen (secondary N) is 1. The van der Waals surface area contributed by atoms with Crippen LogP contribution < -0.4 is 4.72 Å². The molecule has 0 fully saturated rings. The molecule has 0 bridgehead atoms. The molecular formula is C14H11ClN2O4S. The number of halogens is 1. The van der Waals surface area contributed by atoms with Crippen molar-refractivity contribution in [2.24, 2.45) is 0 Å². The first-order chi connectivity index (χ1) is 10.5. The molecule has 0 atom stereocenters. The Labute approximate surface area is 131 Å². The van der Waals surface area contributed by atoms with E-state index in [0.29, 0.717) is 16.5 Å². The first-order valence-corrected chi connectivity index (χ1v) is 8.12. The van der Waals surface area contributed by atoms with Gasteiger partial charge in [-0.05, 0) is 36.8 Å². The highest BCUT2D eigenvalue weighted by Gasteiger charge is 2.20. The fourth-order valence-corrected chi connectivity index (χ4v) is 2.97. The Bertz CT molecular complexity index is 901. The lowest BCUT2D eigenvalue weighted by Gasteiger charge is -2.07. The summed E-state index contributed by atoms with van der Waals surface area (Å²) < 4.78 is 37.2. The number of hydrogen-bond donors (Lipinski definition) is 1. The molecule has 2 heterocycles. The Hall–Kier alpha value is -2.25. The highest BCUT2D eigenvalue weighted by Crippen LogP contribution is 2.26. The van der Waals surface area contributed by atoms with Crippen molar-refractivity contribution >= 4 is 27.3 Å². The molecule has 0 saturated heterocycles. The van der Waals surface area contributed by atoms with Crippen LogP contribution in [0.3, 0.4) is 0 Å². The van der Waals surface area contributed by atoms with Crippen LogP contribution in [0.5, 0.6) is 0 Å². The zero-order valence-electron chi connectivity index (χ0n) is 11.4. The van der Waals surface area contributed by atoms with Crippen molar-refractivity contribution < 1.29 is 17.4 Å². The summed E-state index contributed by atoms with van der Waals surface area (Å²) in [5, 5.41) is 3.79.